The Morgan fingerprint density at radius 2 is 1.59 bits per heavy atom. The molecule has 7 heteroatoms. The number of allylic oxidation sites excluding steroid dienone is 2. The van der Waals surface area contributed by atoms with E-state index in [0.29, 0.717) is 22.4 Å². The highest BCUT2D eigenvalue weighted by Crippen LogP contribution is 2.32. The van der Waals surface area contributed by atoms with Crippen LogP contribution in [0.3, 0.4) is 0 Å². The molecule has 2 N–H and O–H groups in total. The number of carbonyl (C=O) groups is 1. The fourth-order valence-corrected chi connectivity index (χ4v) is 3.48. The van der Waals surface area contributed by atoms with Gasteiger partial charge in [-0.1, -0.05) is 48.6 Å². The van der Waals surface area contributed by atoms with Gasteiger partial charge in [0, 0.05) is 34.9 Å². The number of hydrogen-bond donors (Lipinski definition) is 2. The summed E-state index contributed by atoms with van der Waals surface area (Å²) in [6.45, 7) is 0. The Balaban J connectivity index is 1.61. The van der Waals surface area contributed by atoms with E-state index in [2.05, 4.69) is 10.3 Å². The van der Waals surface area contributed by atoms with E-state index < -0.39 is 11.7 Å². The predicted molar refractivity (Wildman–Crippen MR) is 126 cm³/mol. The third-order valence-corrected chi connectivity index (χ3v) is 5.15. The van der Waals surface area contributed by atoms with Crippen molar-refractivity contribution in [2.45, 2.75) is 6.18 Å². The zero-order valence-electron chi connectivity index (χ0n) is 17.8. The van der Waals surface area contributed by atoms with Gasteiger partial charge in [-0.2, -0.15) is 13.2 Å². The van der Waals surface area contributed by atoms with E-state index >= 15 is 0 Å². The topological polar surface area (TPSA) is 62.2 Å². The molecule has 0 atom stereocenters. The Kier molecular flexibility index (Phi) is 6.45. The molecule has 0 aliphatic heterocycles. The Hall–Kier alpha value is -4.39. The summed E-state index contributed by atoms with van der Waals surface area (Å²) in [5, 5.41) is 14.2. The molecule has 170 valence electrons. The number of rotatable bonds is 5. The first-order chi connectivity index (χ1) is 16.3. The second-order valence-electron chi connectivity index (χ2n) is 7.45. The van der Waals surface area contributed by atoms with E-state index in [9.17, 15) is 23.1 Å². The van der Waals surface area contributed by atoms with Crippen LogP contribution in [0.2, 0.25) is 0 Å². The maximum Gasteiger partial charge on any atom is 0.416 e. The average Bonchev–Trinajstić information content (AvgIpc) is 2.82. The number of alkyl halides is 3. The van der Waals surface area contributed by atoms with Crippen molar-refractivity contribution < 1.29 is 23.1 Å². The molecule has 0 saturated heterocycles. The first-order valence-corrected chi connectivity index (χ1v) is 10.3. The standard InChI is InChI=1S/C27H19F3N2O2/c28-27(29,30)21-11-7-18(8-12-21)23(19-9-13-22(33)14-10-19)4-2-6-26(34)32-25-5-1-3-20-17-31-16-15-24(20)25/h1-17,33H,(H,32,34)/b6-2+,23-4-. The number of amides is 1. The molecule has 4 nitrogen and oxygen atoms in total. The number of aromatic hydroxyl groups is 1. The highest BCUT2D eigenvalue weighted by Gasteiger charge is 2.30. The number of carbonyl (C=O) groups excluding carboxylic acids is 1. The van der Waals surface area contributed by atoms with Gasteiger partial charge in [-0.05, 0) is 53.1 Å². The molecule has 0 unspecified atom stereocenters. The van der Waals surface area contributed by atoms with Gasteiger partial charge in [0.15, 0.2) is 0 Å². The smallest absolute Gasteiger partial charge is 0.416 e. The molecular formula is C27H19F3N2O2. The number of phenols is 1. The van der Waals surface area contributed by atoms with Crippen LogP contribution in [-0.4, -0.2) is 16.0 Å². The van der Waals surface area contributed by atoms with Crippen molar-refractivity contribution in [2.75, 3.05) is 5.32 Å². The highest BCUT2D eigenvalue weighted by molar-refractivity contribution is 6.06. The van der Waals surface area contributed by atoms with Crippen LogP contribution in [-0.2, 0) is 11.0 Å². The van der Waals surface area contributed by atoms with Crippen LogP contribution >= 0.6 is 0 Å². The fraction of sp³-hybridized carbons (Fsp3) is 0.0370. The number of aromatic nitrogens is 1. The normalized spacial score (nSPS) is 12.3. The van der Waals surface area contributed by atoms with Crippen molar-refractivity contribution in [2.24, 2.45) is 0 Å². The molecule has 0 saturated carbocycles. The average molecular weight is 460 g/mol. The lowest BCUT2D eigenvalue weighted by atomic mass is 9.96. The summed E-state index contributed by atoms with van der Waals surface area (Å²) in [7, 11) is 0. The molecule has 4 rings (SSSR count). The third-order valence-electron chi connectivity index (χ3n) is 5.15. The van der Waals surface area contributed by atoms with Gasteiger partial charge in [0.05, 0.1) is 5.56 Å². The fourth-order valence-electron chi connectivity index (χ4n) is 3.48. The molecular weight excluding hydrogens is 441 g/mol. The van der Waals surface area contributed by atoms with E-state index in [4.69, 9.17) is 0 Å². The third kappa shape index (κ3) is 5.32. The van der Waals surface area contributed by atoms with E-state index in [-0.39, 0.29) is 11.7 Å². The molecule has 1 heterocycles. The van der Waals surface area contributed by atoms with E-state index in [1.165, 1.54) is 36.4 Å². The monoisotopic (exact) mass is 460 g/mol. The molecule has 1 amide bonds. The number of pyridine rings is 1. The lowest BCUT2D eigenvalue weighted by Gasteiger charge is -2.11. The van der Waals surface area contributed by atoms with Crippen LogP contribution in [0.25, 0.3) is 16.3 Å². The molecule has 0 fully saturated rings. The van der Waals surface area contributed by atoms with Crippen molar-refractivity contribution in [1.82, 2.24) is 4.98 Å². The van der Waals surface area contributed by atoms with Gasteiger partial charge < -0.3 is 10.4 Å². The van der Waals surface area contributed by atoms with Gasteiger partial charge in [0.25, 0.3) is 0 Å². The first kappa shape index (κ1) is 22.8. The molecule has 0 spiro atoms. The SMILES string of the molecule is O=C(/C=C/C=C(\c1ccc(O)cc1)c1ccc(C(F)(F)F)cc1)Nc1cccc2cnccc12. The summed E-state index contributed by atoms with van der Waals surface area (Å²) in [4.78, 5) is 16.6. The van der Waals surface area contributed by atoms with Gasteiger partial charge in [-0.15, -0.1) is 0 Å². The van der Waals surface area contributed by atoms with E-state index in [1.807, 2.05) is 18.2 Å². The van der Waals surface area contributed by atoms with E-state index in [1.54, 1.807) is 36.7 Å². The van der Waals surface area contributed by atoms with Crippen LogP contribution in [0.15, 0.2) is 103 Å². The van der Waals surface area contributed by atoms with Crippen LogP contribution in [0, 0.1) is 0 Å². The quantitative estimate of drug-likeness (QED) is 0.261. The Bertz CT molecular complexity index is 1370. The van der Waals surface area contributed by atoms with Crippen LogP contribution in [0.4, 0.5) is 18.9 Å². The molecule has 0 radical (unpaired) electrons. The minimum absolute atomic E-state index is 0.0655. The maximum atomic E-state index is 13.0. The summed E-state index contributed by atoms with van der Waals surface area (Å²) in [6, 6.07) is 18.3. The zero-order valence-corrected chi connectivity index (χ0v) is 17.8. The second-order valence-corrected chi connectivity index (χ2v) is 7.45. The van der Waals surface area contributed by atoms with Crippen molar-refractivity contribution >= 4 is 27.9 Å². The van der Waals surface area contributed by atoms with Gasteiger partial charge in [-0.3, -0.25) is 9.78 Å². The minimum Gasteiger partial charge on any atom is -0.508 e. The Morgan fingerprint density at radius 3 is 2.26 bits per heavy atom. The number of nitrogens with one attached hydrogen (secondary N) is 1. The van der Waals surface area contributed by atoms with Crippen molar-refractivity contribution in [3.8, 4) is 5.75 Å². The molecule has 0 bridgehead atoms. The second kappa shape index (κ2) is 9.62. The molecule has 34 heavy (non-hydrogen) atoms. The molecule has 0 aliphatic carbocycles. The van der Waals surface area contributed by atoms with Gasteiger partial charge in [-0.25, -0.2) is 0 Å². The van der Waals surface area contributed by atoms with Gasteiger partial charge >= 0.3 is 6.18 Å². The van der Waals surface area contributed by atoms with Crippen LogP contribution in [0.5, 0.6) is 5.75 Å². The number of phenolic OH excluding ortho intramolecular Hbond substituents is 1. The largest absolute Gasteiger partial charge is 0.508 e. The lowest BCUT2D eigenvalue weighted by Crippen LogP contribution is -2.08. The summed E-state index contributed by atoms with van der Waals surface area (Å²) in [5.74, 6) is -0.297. The van der Waals surface area contributed by atoms with Crippen molar-refractivity contribution in [3.05, 3.63) is 120 Å². The lowest BCUT2D eigenvalue weighted by molar-refractivity contribution is -0.137. The van der Waals surface area contributed by atoms with Crippen molar-refractivity contribution in [1.29, 1.82) is 0 Å². The summed E-state index contributed by atoms with van der Waals surface area (Å²) in [6.07, 6.45) is 3.42. The Morgan fingerprint density at radius 1 is 0.912 bits per heavy atom. The predicted octanol–water partition coefficient (Wildman–Crippen LogP) is 6.59. The number of nitrogens with zero attached hydrogens (tertiary/aromatic N) is 1. The number of benzene rings is 3. The molecule has 1 aromatic heterocycles. The number of halogens is 3. The highest BCUT2D eigenvalue weighted by atomic mass is 19.4. The van der Waals surface area contributed by atoms with Gasteiger partial charge in [0.1, 0.15) is 5.75 Å². The summed E-state index contributed by atoms with van der Waals surface area (Å²) < 4.78 is 38.9. The Labute approximate surface area is 193 Å². The minimum atomic E-state index is -4.43. The first-order valence-electron chi connectivity index (χ1n) is 10.3. The molecule has 0 aliphatic rings. The van der Waals surface area contributed by atoms with E-state index in [0.717, 1.165) is 22.9 Å². The molecule has 4 aromatic rings. The zero-order chi connectivity index (χ0) is 24.1. The summed E-state index contributed by atoms with van der Waals surface area (Å²) in [5.41, 5.74) is 1.69. The number of fused-ring (bicyclic) bond motifs is 1. The number of hydrogen-bond acceptors (Lipinski definition) is 3. The maximum absolute atomic E-state index is 13.0. The van der Waals surface area contributed by atoms with Crippen LogP contribution in [0.1, 0.15) is 16.7 Å². The summed E-state index contributed by atoms with van der Waals surface area (Å²) >= 11 is 0. The number of anilines is 1. The van der Waals surface area contributed by atoms with Crippen LogP contribution < -0.4 is 5.32 Å². The molecule has 3 aromatic carbocycles. The van der Waals surface area contributed by atoms with Gasteiger partial charge in [0.2, 0.25) is 5.91 Å². The van der Waals surface area contributed by atoms with Crippen molar-refractivity contribution in [3.63, 3.8) is 0 Å².